The molecule has 0 saturated heterocycles. The Bertz CT molecular complexity index is 292. The molecule has 0 saturated carbocycles. The highest BCUT2D eigenvalue weighted by molar-refractivity contribution is 5.68. The molecule has 0 aliphatic rings. The van der Waals surface area contributed by atoms with Gasteiger partial charge in [0.2, 0.25) is 0 Å². The summed E-state index contributed by atoms with van der Waals surface area (Å²) in [6.07, 6.45) is 0.524. The smallest absolute Gasteiger partial charge is 0.410 e. The Hall–Kier alpha value is -1.28. The van der Waals surface area contributed by atoms with E-state index in [9.17, 15) is 4.79 Å². The highest BCUT2D eigenvalue weighted by atomic mass is 16.6. The lowest BCUT2D eigenvalue weighted by molar-refractivity contribution is 0.0242. The average molecular weight is 256 g/mol. The largest absolute Gasteiger partial charge is 0.444 e. The number of nitriles is 1. The number of carbonyl (C=O) groups is 1. The zero-order valence-electron chi connectivity index (χ0n) is 11.8. The van der Waals surface area contributed by atoms with Crippen LogP contribution in [0.5, 0.6) is 0 Å². The normalized spacial score (nSPS) is 12.7. The molecule has 1 amide bonds. The molecule has 0 radical (unpaired) electrons. The quantitative estimate of drug-likeness (QED) is 0.740. The Morgan fingerprint density at radius 1 is 1.44 bits per heavy atom. The topological polar surface area (TPSA) is 73.6 Å². The molecule has 0 rings (SSSR count). The Morgan fingerprint density at radius 3 is 2.50 bits per heavy atom. The number of carbonyl (C=O) groups excluding carboxylic acids is 1. The number of hydrogen-bond acceptors (Lipinski definition) is 4. The predicted molar refractivity (Wildman–Crippen MR) is 69.0 cm³/mol. The summed E-state index contributed by atoms with van der Waals surface area (Å²) >= 11 is 0. The first kappa shape index (κ1) is 16.7. The van der Waals surface area contributed by atoms with Crippen molar-refractivity contribution in [3.8, 4) is 6.07 Å². The first-order valence-corrected chi connectivity index (χ1v) is 6.35. The third kappa shape index (κ3) is 7.91. The number of aliphatic hydroxyl groups excluding tert-OH is 1. The highest BCUT2D eigenvalue weighted by Crippen LogP contribution is 2.11. The Kier molecular flexibility index (Phi) is 7.37. The van der Waals surface area contributed by atoms with Crippen LogP contribution in [0.4, 0.5) is 4.79 Å². The van der Waals surface area contributed by atoms with Crippen molar-refractivity contribution in [2.24, 2.45) is 0 Å². The molecule has 1 atom stereocenters. The van der Waals surface area contributed by atoms with Gasteiger partial charge >= 0.3 is 6.09 Å². The summed E-state index contributed by atoms with van der Waals surface area (Å²) in [5.74, 6) is 0. The molecule has 0 spiro atoms. The maximum absolute atomic E-state index is 11.9. The lowest BCUT2D eigenvalue weighted by Gasteiger charge is -2.27. The molecule has 5 heteroatoms. The van der Waals surface area contributed by atoms with Crippen molar-refractivity contribution in [1.29, 1.82) is 5.26 Å². The molecule has 0 heterocycles. The van der Waals surface area contributed by atoms with E-state index in [0.29, 0.717) is 25.9 Å². The van der Waals surface area contributed by atoms with Gasteiger partial charge < -0.3 is 14.7 Å². The number of hydrogen-bond donors (Lipinski definition) is 1. The van der Waals surface area contributed by atoms with Crippen LogP contribution < -0.4 is 0 Å². The molecule has 1 N–H and O–H groups in total. The summed E-state index contributed by atoms with van der Waals surface area (Å²) in [4.78, 5) is 13.5. The molecule has 1 unspecified atom stereocenters. The standard InChI is InChI=1S/C13H24N2O3/c1-5-8-15(9-6-7-11(16)10-14)12(17)18-13(2,3)4/h11,16H,5-9H2,1-4H3. The van der Waals surface area contributed by atoms with Gasteiger partial charge in [0.25, 0.3) is 0 Å². The molecule has 0 aromatic heterocycles. The molecule has 0 aliphatic carbocycles. The van der Waals surface area contributed by atoms with Crippen molar-refractivity contribution >= 4 is 6.09 Å². The second kappa shape index (κ2) is 7.93. The molecular formula is C13H24N2O3. The number of aliphatic hydroxyl groups is 1. The summed E-state index contributed by atoms with van der Waals surface area (Å²) in [5, 5.41) is 17.6. The third-order valence-corrected chi connectivity index (χ3v) is 2.20. The lowest BCUT2D eigenvalue weighted by Crippen LogP contribution is -2.38. The molecule has 5 nitrogen and oxygen atoms in total. The van der Waals surface area contributed by atoms with Crippen molar-refractivity contribution in [3.63, 3.8) is 0 Å². The average Bonchev–Trinajstić information content (AvgIpc) is 2.25. The minimum Gasteiger partial charge on any atom is -0.444 e. The van der Waals surface area contributed by atoms with Crippen LogP contribution in [-0.2, 0) is 4.74 Å². The van der Waals surface area contributed by atoms with Gasteiger partial charge in [-0.15, -0.1) is 0 Å². The van der Waals surface area contributed by atoms with E-state index in [1.165, 1.54) is 0 Å². The minimum atomic E-state index is -0.952. The number of amides is 1. The van der Waals surface area contributed by atoms with Crippen molar-refractivity contribution in [1.82, 2.24) is 4.90 Å². The maximum Gasteiger partial charge on any atom is 0.410 e. The predicted octanol–water partition coefficient (Wildman–Crippen LogP) is 2.30. The minimum absolute atomic E-state index is 0.337. The van der Waals surface area contributed by atoms with E-state index >= 15 is 0 Å². The van der Waals surface area contributed by atoms with E-state index in [4.69, 9.17) is 15.1 Å². The molecule has 0 bridgehead atoms. The SMILES string of the molecule is CCCN(CCCC(O)C#N)C(=O)OC(C)(C)C. The second-order valence-corrected chi connectivity index (χ2v) is 5.25. The van der Waals surface area contributed by atoms with E-state index in [0.717, 1.165) is 6.42 Å². The van der Waals surface area contributed by atoms with Crippen LogP contribution in [0.15, 0.2) is 0 Å². The number of rotatable bonds is 6. The molecular weight excluding hydrogens is 232 g/mol. The van der Waals surface area contributed by atoms with Gasteiger partial charge in [0, 0.05) is 13.1 Å². The van der Waals surface area contributed by atoms with E-state index in [1.807, 2.05) is 27.7 Å². The Balaban J connectivity index is 4.22. The van der Waals surface area contributed by atoms with E-state index in [2.05, 4.69) is 0 Å². The van der Waals surface area contributed by atoms with Crippen molar-refractivity contribution < 1.29 is 14.6 Å². The van der Waals surface area contributed by atoms with E-state index in [1.54, 1.807) is 11.0 Å². The lowest BCUT2D eigenvalue weighted by atomic mass is 10.2. The molecule has 0 aliphatic heterocycles. The van der Waals surface area contributed by atoms with Gasteiger partial charge in [-0.25, -0.2) is 4.79 Å². The fourth-order valence-electron chi connectivity index (χ4n) is 1.43. The molecule has 0 aromatic carbocycles. The van der Waals surface area contributed by atoms with Crippen LogP contribution in [0.1, 0.15) is 47.0 Å². The van der Waals surface area contributed by atoms with Gasteiger partial charge in [-0.2, -0.15) is 5.26 Å². The van der Waals surface area contributed by atoms with Crippen LogP contribution in [0.25, 0.3) is 0 Å². The van der Waals surface area contributed by atoms with E-state index in [-0.39, 0.29) is 6.09 Å². The van der Waals surface area contributed by atoms with Gasteiger partial charge in [0.1, 0.15) is 11.7 Å². The van der Waals surface area contributed by atoms with Crippen molar-refractivity contribution in [2.75, 3.05) is 13.1 Å². The monoisotopic (exact) mass is 256 g/mol. The molecule has 104 valence electrons. The first-order valence-electron chi connectivity index (χ1n) is 6.35. The van der Waals surface area contributed by atoms with Crippen molar-refractivity contribution in [2.45, 2.75) is 58.7 Å². The van der Waals surface area contributed by atoms with Gasteiger partial charge in [0.15, 0.2) is 0 Å². The summed E-state index contributed by atoms with van der Waals surface area (Å²) in [6, 6.07) is 1.76. The maximum atomic E-state index is 11.9. The molecule has 18 heavy (non-hydrogen) atoms. The van der Waals surface area contributed by atoms with Crippen LogP contribution in [-0.4, -0.2) is 40.9 Å². The van der Waals surface area contributed by atoms with Crippen LogP contribution in [0.3, 0.4) is 0 Å². The summed E-state index contributed by atoms with van der Waals surface area (Å²) in [5.41, 5.74) is -0.505. The Labute approximate surface area is 109 Å². The molecule has 0 fully saturated rings. The fraction of sp³-hybridized carbons (Fsp3) is 0.846. The number of nitrogens with zero attached hydrogens (tertiary/aromatic N) is 2. The highest BCUT2D eigenvalue weighted by Gasteiger charge is 2.21. The van der Waals surface area contributed by atoms with Gasteiger partial charge in [-0.05, 0) is 40.0 Å². The van der Waals surface area contributed by atoms with E-state index < -0.39 is 11.7 Å². The summed E-state index contributed by atoms with van der Waals surface area (Å²) in [6.45, 7) is 8.60. The second-order valence-electron chi connectivity index (χ2n) is 5.25. The summed E-state index contributed by atoms with van der Waals surface area (Å²) in [7, 11) is 0. The Morgan fingerprint density at radius 2 is 2.06 bits per heavy atom. The van der Waals surface area contributed by atoms with Gasteiger partial charge in [-0.3, -0.25) is 0 Å². The van der Waals surface area contributed by atoms with Gasteiger partial charge in [-0.1, -0.05) is 6.92 Å². The zero-order chi connectivity index (χ0) is 14.2. The van der Waals surface area contributed by atoms with Crippen LogP contribution in [0, 0.1) is 11.3 Å². The number of ether oxygens (including phenoxy) is 1. The third-order valence-electron chi connectivity index (χ3n) is 2.20. The van der Waals surface area contributed by atoms with Crippen LogP contribution >= 0.6 is 0 Å². The summed E-state index contributed by atoms with van der Waals surface area (Å²) < 4.78 is 5.30. The van der Waals surface area contributed by atoms with Gasteiger partial charge in [0.05, 0.1) is 6.07 Å². The fourth-order valence-corrected chi connectivity index (χ4v) is 1.43. The first-order chi connectivity index (χ1) is 8.30. The zero-order valence-corrected chi connectivity index (χ0v) is 11.8. The molecule has 0 aromatic rings. The van der Waals surface area contributed by atoms with Crippen molar-refractivity contribution in [3.05, 3.63) is 0 Å². The van der Waals surface area contributed by atoms with Crippen LogP contribution in [0.2, 0.25) is 0 Å².